The standard InChI is InChI=1S/C15H25N3O2/c1-4-12-17-13(15(19)20-5-2)14(16)18(12)9-11-7-6-10(3)8-11/h10-11H,4-9,16H2,1-3H3. The molecule has 1 aliphatic carbocycles. The number of anilines is 1. The molecule has 0 radical (unpaired) electrons. The first-order valence-electron chi connectivity index (χ1n) is 7.58. The van der Waals surface area contributed by atoms with Crippen molar-refractivity contribution in [3.63, 3.8) is 0 Å². The fourth-order valence-corrected chi connectivity index (χ4v) is 3.09. The molecule has 2 rings (SSSR count). The third-order valence-electron chi connectivity index (χ3n) is 4.12. The van der Waals surface area contributed by atoms with Crippen molar-refractivity contribution >= 4 is 11.8 Å². The number of aryl methyl sites for hydroxylation is 1. The molecule has 112 valence electrons. The van der Waals surface area contributed by atoms with E-state index in [1.165, 1.54) is 19.3 Å². The average molecular weight is 279 g/mol. The Labute approximate surface area is 120 Å². The number of hydrogen-bond acceptors (Lipinski definition) is 4. The molecule has 0 amide bonds. The van der Waals surface area contributed by atoms with Crippen molar-refractivity contribution in [1.29, 1.82) is 0 Å². The van der Waals surface area contributed by atoms with Crippen LogP contribution in [0, 0.1) is 11.8 Å². The Kier molecular flexibility index (Phi) is 4.68. The number of aromatic nitrogens is 2. The van der Waals surface area contributed by atoms with Crippen molar-refractivity contribution in [1.82, 2.24) is 9.55 Å². The van der Waals surface area contributed by atoms with Gasteiger partial charge < -0.3 is 15.0 Å². The summed E-state index contributed by atoms with van der Waals surface area (Å²) in [4.78, 5) is 16.2. The summed E-state index contributed by atoms with van der Waals surface area (Å²) < 4.78 is 7.02. The zero-order chi connectivity index (χ0) is 14.7. The van der Waals surface area contributed by atoms with Crippen LogP contribution in [-0.2, 0) is 17.7 Å². The lowest BCUT2D eigenvalue weighted by molar-refractivity contribution is 0.0521. The number of hydrogen-bond donors (Lipinski definition) is 1. The van der Waals surface area contributed by atoms with E-state index in [9.17, 15) is 4.79 Å². The van der Waals surface area contributed by atoms with Gasteiger partial charge in [-0.25, -0.2) is 9.78 Å². The second kappa shape index (κ2) is 6.29. The monoisotopic (exact) mass is 279 g/mol. The van der Waals surface area contributed by atoms with E-state index in [0.717, 1.165) is 24.7 Å². The summed E-state index contributed by atoms with van der Waals surface area (Å²) in [5.41, 5.74) is 6.40. The molecule has 1 aliphatic rings. The minimum atomic E-state index is -0.418. The third-order valence-corrected chi connectivity index (χ3v) is 4.12. The number of ether oxygens (including phenoxy) is 1. The second-order valence-electron chi connectivity index (χ2n) is 5.73. The van der Waals surface area contributed by atoms with Crippen molar-refractivity contribution < 1.29 is 9.53 Å². The van der Waals surface area contributed by atoms with E-state index in [2.05, 4.69) is 11.9 Å². The maximum atomic E-state index is 11.9. The lowest BCUT2D eigenvalue weighted by Crippen LogP contribution is -2.14. The molecule has 1 fully saturated rings. The van der Waals surface area contributed by atoms with E-state index in [1.54, 1.807) is 6.92 Å². The molecule has 0 aliphatic heterocycles. The van der Waals surface area contributed by atoms with Gasteiger partial charge in [0.2, 0.25) is 0 Å². The molecule has 2 atom stereocenters. The summed E-state index contributed by atoms with van der Waals surface area (Å²) in [6.07, 6.45) is 4.52. The molecule has 20 heavy (non-hydrogen) atoms. The Morgan fingerprint density at radius 3 is 2.75 bits per heavy atom. The summed E-state index contributed by atoms with van der Waals surface area (Å²) in [5, 5.41) is 0. The first kappa shape index (κ1) is 14.9. The zero-order valence-electron chi connectivity index (χ0n) is 12.7. The molecule has 0 bridgehead atoms. The van der Waals surface area contributed by atoms with Crippen LogP contribution < -0.4 is 5.73 Å². The van der Waals surface area contributed by atoms with Gasteiger partial charge in [-0.15, -0.1) is 0 Å². The van der Waals surface area contributed by atoms with Gasteiger partial charge in [0.15, 0.2) is 5.69 Å². The Bertz CT molecular complexity index is 482. The van der Waals surface area contributed by atoms with E-state index < -0.39 is 5.97 Å². The molecule has 0 spiro atoms. The lowest BCUT2D eigenvalue weighted by Gasteiger charge is -2.14. The number of carbonyl (C=O) groups excluding carboxylic acids is 1. The highest BCUT2D eigenvalue weighted by Gasteiger charge is 2.26. The van der Waals surface area contributed by atoms with Crippen LogP contribution in [0.3, 0.4) is 0 Å². The molecule has 0 aromatic carbocycles. The molecular formula is C15H25N3O2. The van der Waals surface area contributed by atoms with Crippen molar-refractivity contribution in [2.45, 2.75) is 53.0 Å². The molecule has 5 heteroatoms. The molecule has 1 heterocycles. The predicted octanol–water partition coefficient (Wildman–Crippen LogP) is 2.64. The van der Waals surface area contributed by atoms with Gasteiger partial charge in [0.25, 0.3) is 0 Å². The van der Waals surface area contributed by atoms with E-state index in [4.69, 9.17) is 10.5 Å². The van der Waals surface area contributed by atoms with Crippen LogP contribution in [-0.4, -0.2) is 22.1 Å². The number of carbonyl (C=O) groups is 1. The van der Waals surface area contributed by atoms with Gasteiger partial charge in [-0.1, -0.05) is 20.3 Å². The van der Waals surface area contributed by atoms with Gasteiger partial charge >= 0.3 is 5.97 Å². The molecule has 1 aromatic rings. The van der Waals surface area contributed by atoms with Gasteiger partial charge in [-0.2, -0.15) is 0 Å². The number of nitrogens with two attached hydrogens (primary N) is 1. The number of rotatable bonds is 5. The number of esters is 1. The SMILES string of the molecule is CCOC(=O)c1nc(CC)n(CC2CCC(C)C2)c1N. The minimum absolute atomic E-state index is 0.273. The van der Waals surface area contributed by atoms with Crippen LogP contribution in [0.1, 0.15) is 56.3 Å². The topological polar surface area (TPSA) is 70.1 Å². The van der Waals surface area contributed by atoms with E-state index in [0.29, 0.717) is 18.3 Å². The lowest BCUT2D eigenvalue weighted by atomic mass is 10.1. The van der Waals surface area contributed by atoms with Crippen LogP contribution in [0.15, 0.2) is 0 Å². The molecule has 5 nitrogen and oxygen atoms in total. The normalized spacial score (nSPS) is 22.1. The fourth-order valence-electron chi connectivity index (χ4n) is 3.09. The molecule has 0 saturated heterocycles. The third kappa shape index (κ3) is 2.97. The Morgan fingerprint density at radius 2 is 2.20 bits per heavy atom. The van der Waals surface area contributed by atoms with Gasteiger partial charge in [-0.05, 0) is 31.6 Å². The Morgan fingerprint density at radius 1 is 1.45 bits per heavy atom. The summed E-state index contributed by atoms with van der Waals surface area (Å²) in [6.45, 7) is 7.32. The summed E-state index contributed by atoms with van der Waals surface area (Å²) in [7, 11) is 0. The van der Waals surface area contributed by atoms with Crippen LogP contribution >= 0.6 is 0 Å². The maximum absolute atomic E-state index is 11.9. The first-order valence-corrected chi connectivity index (χ1v) is 7.58. The van der Waals surface area contributed by atoms with Crippen molar-refractivity contribution in [3.8, 4) is 0 Å². The largest absolute Gasteiger partial charge is 0.461 e. The molecule has 2 unspecified atom stereocenters. The highest BCUT2D eigenvalue weighted by molar-refractivity contribution is 5.92. The number of imidazole rings is 1. The molecule has 1 aromatic heterocycles. The quantitative estimate of drug-likeness (QED) is 0.841. The zero-order valence-corrected chi connectivity index (χ0v) is 12.7. The summed E-state index contributed by atoms with van der Waals surface area (Å²) in [5.74, 6) is 2.35. The maximum Gasteiger partial charge on any atom is 0.360 e. The molecule has 1 saturated carbocycles. The smallest absolute Gasteiger partial charge is 0.360 e. The van der Waals surface area contributed by atoms with Crippen LogP contribution in [0.4, 0.5) is 5.82 Å². The van der Waals surface area contributed by atoms with Gasteiger partial charge in [0.1, 0.15) is 11.6 Å². The minimum Gasteiger partial charge on any atom is -0.461 e. The second-order valence-corrected chi connectivity index (χ2v) is 5.73. The predicted molar refractivity (Wildman–Crippen MR) is 78.5 cm³/mol. The van der Waals surface area contributed by atoms with Crippen LogP contribution in [0.2, 0.25) is 0 Å². The van der Waals surface area contributed by atoms with Gasteiger partial charge in [0.05, 0.1) is 6.61 Å². The van der Waals surface area contributed by atoms with Gasteiger partial charge in [0, 0.05) is 13.0 Å². The van der Waals surface area contributed by atoms with Crippen molar-refractivity contribution in [2.24, 2.45) is 11.8 Å². The van der Waals surface area contributed by atoms with E-state index in [1.807, 2.05) is 11.5 Å². The number of nitrogens with zero attached hydrogens (tertiary/aromatic N) is 2. The molecule has 2 N–H and O–H groups in total. The Balaban J connectivity index is 2.20. The van der Waals surface area contributed by atoms with Gasteiger partial charge in [-0.3, -0.25) is 0 Å². The highest BCUT2D eigenvalue weighted by Crippen LogP contribution is 2.32. The van der Waals surface area contributed by atoms with E-state index in [-0.39, 0.29) is 5.69 Å². The van der Waals surface area contributed by atoms with Crippen LogP contribution in [0.5, 0.6) is 0 Å². The molecular weight excluding hydrogens is 254 g/mol. The summed E-state index contributed by atoms with van der Waals surface area (Å²) >= 11 is 0. The Hall–Kier alpha value is -1.52. The van der Waals surface area contributed by atoms with Crippen LogP contribution in [0.25, 0.3) is 0 Å². The van der Waals surface area contributed by atoms with Crippen molar-refractivity contribution in [2.75, 3.05) is 12.3 Å². The van der Waals surface area contributed by atoms with Crippen molar-refractivity contribution in [3.05, 3.63) is 11.5 Å². The fraction of sp³-hybridized carbons (Fsp3) is 0.733. The van der Waals surface area contributed by atoms with E-state index >= 15 is 0 Å². The number of nitrogen functional groups attached to an aromatic ring is 1. The average Bonchev–Trinajstić information content (AvgIpc) is 2.96. The summed E-state index contributed by atoms with van der Waals surface area (Å²) in [6, 6.07) is 0. The highest BCUT2D eigenvalue weighted by atomic mass is 16.5. The first-order chi connectivity index (χ1) is 9.56.